The molecule has 1 fully saturated rings. The quantitative estimate of drug-likeness (QED) is 0.842. The summed E-state index contributed by atoms with van der Waals surface area (Å²) in [6.07, 6.45) is 10.7. The van der Waals surface area contributed by atoms with E-state index in [1.807, 2.05) is 18.2 Å². The molecule has 2 aliphatic carbocycles. The van der Waals surface area contributed by atoms with Crippen LogP contribution in [0.4, 0.5) is 0 Å². The summed E-state index contributed by atoms with van der Waals surface area (Å²) in [7, 11) is 0. The van der Waals surface area contributed by atoms with Crippen molar-refractivity contribution in [1.29, 1.82) is 0 Å². The average molecular weight is 329 g/mol. The van der Waals surface area contributed by atoms with E-state index in [1.165, 1.54) is 56.1 Å². The van der Waals surface area contributed by atoms with E-state index < -0.39 is 5.97 Å². The van der Waals surface area contributed by atoms with Gasteiger partial charge in [0.15, 0.2) is 6.61 Å². The van der Waals surface area contributed by atoms with Crippen LogP contribution in [-0.4, -0.2) is 25.0 Å². The Morgan fingerprint density at radius 2 is 1.75 bits per heavy atom. The van der Waals surface area contributed by atoms with E-state index >= 15 is 0 Å². The van der Waals surface area contributed by atoms with Gasteiger partial charge in [-0.2, -0.15) is 0 Å². The van der Waals surface area contributed by atoms with Crippen LogP contribution in [0.5, 0.6) is 0 Å². The number of amides is 1. The Kier molecular flexibility index (Phi) is 5.89. The summed E-state index contributed by atoms with van der Waals surface area (Å²) in [5, 5.41) is 2.89. The lowest BCUT2D eigenvalue weighted by atomic mass is 9.89. The second-order valence-electron chi connectivity index (χ2n) is 7.07. The Morgan fingerprint density at radius 1 is 1.00 bits per heavy atom. The Bertz CT molecular complexity index is 591. The minimum atomic E-state index is -0.406. The summed E-state index contributed by atoms with van der Waals surface area (Å²) >= 11 is 0. The standard InChI is InChI=1S/C20H27NO3/c22-19(21-13-15-6-2-1-3-7-15)14-24-20(23)18-11-10-16-8-4-5-9-17(16)12-18/h10-12,15H,1-9,13-14H2,(H,21,22). The number of hydrogen-bond acceptors (Lipinski definition) is 3. The predicted octanol–water partition coefficient (Wildman–Crippen LogP) is 3.42. The highest BCUT2D eigenvalue weighted by Crippen LogP contribution is 2.23. The van der Waals surface area contributed by atoms with Gasteiger partial charge in [-0.05, 0) is 67.7 Å². The molecule has 0 unspecified atom stereocenters. The maximum atomic E-state index is 12.1. The molecule has 1 N–H and O–H groups in total. The second kappa shape index (κ2) is 8.32. The fourth-order valence-corrected chi connectivity index (χ4v) is 3.78. The normalized spacial score (nSPS) is 17.8. The number of nitrogens with one attached hydrogen (secondary N) is 1. The van der Waals surface area contributed by atoms with Gasteiger partial charge < -0.3 is 10.1 Å². The van der Waals surface area contributed by atoms with E-state index in [4.69, 9.17) is 4.74 Å². The zero-order valence-electron chi connectivity index (χ0n) is 14.3. The number of fused-ring (bicyclic) bond motifs is 1. The molecule has 1 aromatic rings. The summed E-state index contributed by atoms with van der Waals surface area (Å²) in [6.45, 7) is 0.512. The molecule has 4 nitrogen and oxygen atoms in total. The fraction of sp³-hybridized carbons (Fsp3) is 0.600. The summed E-state index contributed by atoms with van der Waals surface area (Å²) < 4.78 is 5.17. The number of esters is 1. The Labute approximate surface area is 144 Å². The third-order valence-electron chi connectivity index (χ3n) is 5.23. The van der Waals surface area contributed by atoms with Crippen LogP contribution in [0.2, 0.25) is 0 Å². The van der Waals surface area contributed by atoms with Gasteiger partial charge in [0, 0.05) is 6.54 Å². The highest BCUT2D eigenvalue weighted by Gasteiger charge is 2.16. The molecule has 0 atom stereocenters. The highest BCUT2D eigenvalue weighted by atomic mass is 16.5. The topological polar surface area (TPSA) is 55.4 Å². The van der Waals surface area contributed by atoms with Crippen molar-refractivity contribution in [2.24, 2.45) is 5.92 Å². The zero-order chi connectivity index (χ0) is 16.8. The molecule has 2 aliphatic rings. The summed E-state index contributed by atoms with van der Waals surface area (Å²) in [4.78, 5) is 24.0. The van der Waals surface area contributed by atoms with Gasteiger partial charge in [-0.1, -0.05) is 25.3 Å². The monoisotopic (exact) mass is 329 g/mol. The van der Waals surface area contributed by atoms with Gasteiger partial charge in [0.25, 0.3) is 5.91 Å². The van der Waals surface area contributed by atoms with Crippen molar-refractivity contribution < 1.29 is 14.3 Å². The van der Waals surface area contributed by atoms with Gasteiger partial charge in [-0.3, -0.25) is 4.79 Å². The lowest BCUT2D eigenvalue weighted by Gasteiger charge is -2.21. The third kappa shape index (κ3) is 4.59. The van der Waals surface area contributed by atoms with E-state index in [2.05, 4.69) is 5.32 Å². The minimum absolute atomic E-state index is 0.192. The van der Waals surface area contributed by atoms with Crippen LogP contribution in [0.25, 0.3) is 0 Å². The largest absolute Gasteiger partial charge is 0.452 e. The zero-order valence-corrected chi connectivity index (χ0v) is 14.3. The summed E-state index contributed by atoms with van der Waals surface area (Å²) in [5.74, 6) is -0.0258. The Morgan fingerprint density at radius 3 is 2.54 bits per heavy atom. The average Bonchev–Trinajstić information content (AvgIpc) is 2.65. The van der Waals surface area contributed by atoms with Crippen LogP contribution < -0.4 is 5.32 Å². The first kappa shape index (κ1) is 17.0. The maximum Gasteiger partial charge on any atom is 0.338 e. The Balaban J connectivity index is 1.43. The SMILES string of the molecule is O=C(COC(=O)c1ccc2c(c1)CCCC2)NCC1CCCCC1. The molecule has 0 aromatic heterocycles. The van der Waals surface area contributed by atoms with Gasteiger partial charge >= 0.3 is 5.97 Å². The molecule has 4 heteroatoms. The summed E-state index contributed by atoms with van der Waals surface area (Å²) in [5.41, 5.74) is 3.14. The first-order valence-corrected chi connectivity index (χ1v) is 9.28. The summed E-state index contributed by atoms with van der Waals surface area (Å²) in [6, 6.07) is 5.76. The van der Waals surface area contributed by atoms with Gasteiger partial charge in [0.1, 0.15) is 0 Å². The fourth-order valence-electron chi connectivity index (χ4n) is 3.78. The number of carbonyl (C=O) groups excluding carboxylic acids is 2. The first-order valence-electron chi connectivity index (χ1n) is 9.28. The first-order chi connectivity index (χ1) is 11.7. The number of aryl methyl sites for hydroxylation is 2. The molecule has 1 saturated carbocycles. The second-order valence-corrected chi connectivity index (χ2v) is 7.07. The van der Waals surface area contributed by atoms with E-state index in [9.17, 15) is 9.59 Å². The van der Waals surface area contributed by atoms with Crippen LogP contribution in [0.15, 0.2) is 18.2 Å². The van der Waals surface area contributed by atoms with Crippen LogP contribution in [-0.2, 0) is 22.4 Å². The molecule has 1 aromatic carbocycles. The molecule has 24 heavy (non-hydrogen) atoms. The molecular weight excluding hydrogens is 302 g/mol. The van der Waals surface area contributed by atoms with Gasteiger partial charge in [0.05, 0.1) is 5.56 Å². The molecule has 0 aliphatic heterocycles. The predicted molar refractivity (Wildman–Crippen MR) is 93.0 cm³/mol. The molecule has 0 spiro atoms. The smallest absolute Gasteiger partial charge is 0.338 e. The minimum Gasteiger partial charge on any atom is -0.452 e. The van der Waals surface area contributed by atoms with Crippen molar-refractivity contribution >= 4 is 11.9 Å². The molecule has 0 bridgehead atoms. The van der Waals surface area contributed by atoms with Crippen LogP contribution in [0.3, 0.4) is 0 Å². The van der Waals surface area contributed by atoms with E-state index in [-0.39, 0.29) is 12.5 Å². The van der Waals surface area contributed by atoms with Gasteiger partial charge in [-0.15, -0.1) is 0 Å². The maximum absolute atomic E-state index is 12.1. The van der Waals surface area contributed by atoms with E-state index in [0.717, 1.165) is 12.8 Å². The van der Waals surface area contributed by atoms with Gasteiger partial charge in [0.2, 0.25) is 0 Å². The van der Waals surface area contributed by atoms with Crippen LogP contribution in [0, 0.1) is 5.92 Å². The number of rotatable bonds is 5. The van der Waals surface area contributed by atoms with Crippen LogP contribution in [0.1, 0.15) is 66.4 Å². The van der Waals surface area contributed by atoms with Crippen molar-refractivity contribution in [3.05, 3.63) is 34.9 Å². The van der Waals surface area contributed by atoms with Crippen molar-refractivity contribution in [3.8, 4) is 0 Å². The highest BCUT2D eigenvalue weighted by molar-refractivity contribution is 5.91. The molecule has 3 rings (SSSR count). The molecule has 0 saturated heterocycles. The molecular formula is C20H27NO3. The van der Waals surface area contributed by atoms with Gasteiger partial charge in [-0.25, -0.2) is 4.79 Å². The third-order valence-corrected chi connectivity index (χ3v) is 5.23. The molecule has 130 valence electrons. The molecule has 0 radical (unpaired) electrons. The van der Waals surface area contributed by atoms with E-state index in [0.29, 0.717) is 18.0 Å². The number of ether oxygens (including phenoxy) is 1. The van der Waals surface area contributed by atoms with Crippen molar-refractivity contribution in [1.82, 2.24) is 5.32 Å². The van der Waals surface area contributed by atoms with Crippen molar-refractivity contribution in [2.75, 3.05) is 13.2 Å². The van der Waals surface area contributed by atoms with Crippen molar-refractivity contribution in [2.45, 2.75) is 57.8 Å². The number of benzene rings is 1. The molecule has 0 heterocycles. The van der Waals surface area contributed by atoms with Crippen LogP contribution >= 0.6 is 0 Å². The lowest BCUT2D eigenvalue weighted by molar-refractivity contribution is -0.124. The Hall–Kier alpha value is -1.84. The number of hydrogen-bond donors (Lipinski definition) is 1. The van der Waals surface area contributed by atoms with Crippen molar-refractivity contribution in [3.63, 3.8) is 0 Å². The molecule has 1 amide bonds. The lowest BCUT2D eigenvalue weighted by Crippen LogP contribution is -2.33. The number of carbonyl (C=O) groups is 2. The van der Waals surface area contributed by atoms with E-state index in [1.54, 1.807) is 0 Å².